The second-order valence-corrected chi connectivity index (χ2v) is 11.9. The number of unbranched alkanes of at least 4 members (excludes halogenated alkanes) is 17. The first-order valence-corrected chi connectivity index (χ1v) is 16.4. The summed E-state index contributed by atoms with van der Waals surface area (Å²) in [4.78, 5) is 126. The molecular formula is C34H46O11. The normalized spacial score (nSPS) is 12.3. The summed E-state index contributed by atoms with van der Waals surface area (Å²) >= 11 is 0. The topological polar surface area (TPSA) is 188 Å². The highest BCUT2D eigenvalue weighted by molar-refractivity contribution is 7.02. The maximum absolute atomic E-state index is 12.0. The fraction of sp³-hybridized carbons (Fsp3) is 0.676. The van der Waals surface area contributed by atoms with E-state index in [-0.39, 0.29) is 12.8 Å². The van der Waals surface area contributed by atoms with Crippen molar-refractivity contribution in [2.75, 3.05) is 0 Å². The predicted octanol–water partition coefficient (Wildman–Crippen LogP) is 4.09. The minimum atomic E-state index is -2.45. The zero-order valence-electron chi connectivity index (χ0n) is 26.2. The van der Waals surface area contributed by atoms with Gasteiger partial charge in [-0.15, -0.1) is 0 Å². The SMILES string of the molecule is O=CC(=O)C(=O)C(=O)C(=O)C(=O)C(=O)C(=O)C(=O)C(=O)C(=O)CCCCCCCCCCCCCCCCCCCCC1CC1. The molecule has 0 aliphatic heterocycles. The fourth-order valence-electron chi connectivity index (χ4n) is 4.98. The Balaban J connectivity index is 2.05. The molecule has 248 valence electrons. The van der Waals surface area contributed by atoms with Gasteiger partial charge in [-0.25, -0.2) is 0 Å². The van der Waals surface area contributed by atoms with Crippen LogP contribution in [0.25, 0.3) is 0 Å². The van der Waals surface area contributed by atoms with Crippen molar-refractivity contribution in [2.24, 2.45) is 5.92 Å². The van der Waals surface area contributed by atoms with Crippen molar-refractivity contribution in [3.63, 3.8) is 0 Å². The molecule has 0 aromatic rings. The molecule has 0 aromatic carbocycles. The first-order chi connectivity index (χ1) is 21.5. The Morgan fingerprint density at radius 1 is 0.378 bits per heavy atom. The Hall–Kier alpha value is -3.63. The Kier molecular flexibility index (Phi) is 20.0. The van der Waals surface area contributed by atoms with E-state index in [2.05, 4.69) is 0 Å². The Labute approximate surface area is 264 Å². The third kappa shape index (κ3) is 16.3. The molecule has 1 aliphatic carbocycles. The molecule has 0 radical (unpaired) electrons. The van der Waals surface area contributed by atoms with Crippen molar-refractivity contribution in [1.29, 1.82) is 0 Å². The number of hydrogen-bond donors (Lipinski definition) is 0. The van der Waals surface area contributed by atoms with Gasteiger partial charge in [0, 0.05) is 6.42 Å². The number of rotatable bonds is 31. The van der Waals surface area contributed by atoms with Gasteiger partial charge in [0.2, 0.25) is 5.78 Å². The van der Waals surface area contributed by atoms with Crippen molar-refractivity contribution in [2.45, 2.75) is 141 Å². The van der Waals surface area contributed by atoms with Crippen LogP contribution in [0.2, 0.25) is 0 Å². The highest BCUT2D eigenvalue weighted by Crippen LogP contribution is 2.34. The summed E-state index contributed by atoms with van der Waals surface area (Å²) in [6, 6.07) is 0. The second kappa shape index (κ2) is 22.8. The van der Waals surface area contributed by atoms with Crippen molar-refractivity contribution in [3.05, 3.63) is 0 Å². The highest BCUT2D eigenvalue weighted by Gasteiger charge is 2.42. The quantitative estimate of drug-likeness (QED) is 0.0464. The van der Waals surface area contributed by atoms with Gasteiger partial charge in [0.05, 0.1) is 0 Å². The zero-order valence-corrected chi connectivity index (χ0v) is 26.2. The van der Waals surface area contributed by atoms with Crippen LogP contribution in [0.4, 0.5) is 0 Å². The maximum atomic E-state index is 12.0. The lowest BCUT2D eigenvalue weighted by Crippen LogP contribution is -2.44. The molecule has 1 aliphatic rings. The van der Waals surface area contributed by atoms with E-state index < -0.39 is 64.1 Å². The number of hydrogen-bond acceptors (Lipinski definition) is 11. The van der Waals surface area contributed by atoms with E-state index in [0.717, 1.165) is 31.6 Å². The van der Waals surface area contributed by atoms with Crippen molar-refractivity contribution < 1.29 is 52.7 Å². The van der Waals surface area contributed by atoms with Crippen LogP contribution in [0.3, 0.4) is 0 Å². The van der Waals surface area contributed by atoms with Gasteiger partial charge in [0.15, 0.2) is 6.29 Å². The average molecular weight is 631 g/mol. The molecular weight excluding hydrogens is 584 g/mol. The fourth-order valence-corrected chi connectivity index (χ4v) is 4.98. The summed E-state index contributed by atoms with van der Waals surface area (Å²) in [5.74, 6) is -20.4. The second-order valence-electron chi connectivity index (χ2n) is 11.9. The van der Waals surface area contributed by atoms with Crippen LogP contribution in [0, 0.1) is 5.92 Å². The third-order valence-corrected chi connectivity index (χ3v) is 7.99. The summed E-state index contributed by atoms with van der Waals surface area (Å²) in [6.07, 6.45) is 24.1. The summed E-state index contributed by atoms with van der Waals surface area (Å²) in [7, 11) is 0. The molecule has 1 rings (SSSR count). The molecule has 0 saturated heterocycles. The molecule has 0 amide bonds. The van der Waals surface area contributed by atoms with Gasteiger partial charge >= 0.3 is 0 Å². The van der Waals surface area contributed by atoms with Crippen LogP contribution in [0.15, 0.2) is 0 Å². The van der Waals surface area contributed by atoms with Crippen LogP contribution in [-0.2, 0) is 52.7 Å². The summed E-state index contributed by atoms with van der Waals surface area (Å²) in [5, 5.41) is 0. The van der Waals surface area contributed by atoms with Crippen LogP contribution in [0.5, 0.6) is 0 Å². The number of ketones is 10. The van der Waals surface area contributed by atoms with Gasteiger partial charge in [0.25, 0.3) is 52.0 Å². The largest absolute Gasteiger partial charge is 0.294 e. The number of Topliss-reactive ketones (excluding diaryl/α,β-unsaturated/α-hetero) is 10. The number of carbonyl (C=O) groups excluding carboxylic acids is 11. The van der Waals surface area contributed by atoms with Gasteiger partial charge in [0.1, 0.15) is 0 Å². The van der Waals surface area contributed by atoms with E-state index in [1.54, 1.807) is 0 Å². The minimum Gasteiger partial charge on any atom is -0.294 e. The standard InChI is InChI=1S/C34H46O11/c35-23-26(37)28(39)30(41)32(43)34(45)33(44)31(42)29(40)27(38)25(36)20-18-16-14-12-10-8-6-4-2-1-3-5-7-9-11-13-15-17-19-24-21-22-24/h23-24H,1-22H2. The Morgan fingerprint density at radius 2 is 0.667 bits per heavy atom. The molecule has 0 bridgehead atoms. The van der Waals surface area contributed by atoms with E-state index in [9.17, 15) is 52.7 Å². The summed E-state index contributed by atoms with van der Waals surface area (Å²) in [6.45, 7) is 0. The molecule has 0 unspecified atom stereocenters. The predicted molar refractivity (Wildman–Crippen MR) is 161 cm³/mol. The molecule has 1 saturated carbocycles. The average Bonchev–Trinajstić information content (AvgIpc) is 3.88. The smallest absolute Gasteiger partial charge is 0.281 e. The van der Waals surface area contributed by atoms with Gasteiger partial charge in [-0.1, -0.05) is 128 Å². The highest BCUT2D eigenvalue weighted by atomic mass is 16.2. The molecule has 0 aromatic heterocycles. The molecule has 0 heterocycles. The van der Waals surface area contributed by atoms with E-state index in [1.165, 1.54) is 96.3 Å². The van der Waals surface area contributed by atoms with Crippen LogP contribution in [0.1, 0.15) is 141 Å². The van der Waals surface area contributed by atoms with E-state index in [4.69, 9.17) is 0 Å². The number of carbonyl (C=O) groups is 11. The Bertz CT molecular complexity index is 1130. The van der Waals surface area contributed by atoms with Crippen LogP contribution < -0.4 is 0 Å². The van der Waals surface area contributed by atoms with E-state index in [0.29, 0.717) is 6.42 Å². The zero-order chi connectivity index (χ0) is 33.6. The van der Waals surface area contributed by atoms with Crippen molar-refractivity contribution in [3.8, 4) is 0 Å². The lowest BCUT2D eigenvalue weighted by atomic mass is 9.97. The van der Waals surface area contributed by atoms with Crippen molar-refractivity contribution >= 4 is 64.1 Å². The lowest BCUT2D eigenvalue weighted by molar-refractivity contribution is -0.156. The summed E-state index contributed by atoms with van der Waals surface area (Å²) < 4.78 is 0. The van der Waals surface area contributed by atoms with Crippen LogP contribution >= 0.6 is 0 Å². The Morgan fingerprint density at radius 3 is 1.00 bits per heavy atom. The summed E-state index contributed by atoms with van der Waals surface area (Å²) in [5.41, 5.74) is 0. The molecule has 0 N–H and O–H groups in total. The van der Waals surface area contributed by atoms with E-state index >= 15 is 0 Å². The lowest BCUT2D eigenvalue weighted by Gasteiger charge is -2.04. The maximum Gasteiger partial charge on any atom is 0.281 e. The molecule has 11 nitrogen and oxygen atoms in total. The number of aldehydes is 1. The van der Waals surface area contributed by atoms with Gasteiger partial charge in [-0.05, 0) is 12.3 Å². The first-order valence-electron chi connectivity index (χ1n) is 16.4. The molecule has 11 heteroatoms. The molecule has 0 spiro atoms. The molecule has 1 fully saturated rings. The molecule has 45 heavy (non-hydrogen) atoms. The van der Waals surface area contributed by atoms with E-state index in [1.807, 2.05) is 0 Å². The van der Waals surface area contributed by atoms with Gasteiger partial charge in [-0.3, -0.25) is 52.7 Å². The van der Waals surface area contributed by atoms with Crippen molar-refractivity contribution in [1.82, 2.24) is 0 Å². The van der Waals surface area contributed by atoms with Gasteiger partial charge < -0.3 is 0 Å². The third-order valence-electron chi connectivity index (χ3n) is 7.99. The van der Waals surface area contributed by atoms with Gasteiger partial charge in [-0.2, -0.15) is 0 Å². The molecule has 0 atom stereocenters. The monoisotopic (exact) mass is 630 g/mol. The first kappa shape index (κ1) is 39.4. The minimum absolute atomic E-state index is 0.263. The van der Waals surface area contributed by atoms with Crippen LogP contribution in [-0.4, -0.2) is 64.1 Å².